The first kappa shape index (κ1) is 21.8. The van der Waals surface area contributed by atoms with E-state index in [1.165, 1.54) is 4.90 Å². The Labute approximate surface area is 198 Å². The van der Waals surface area contributed by atoms with E-state index in [0.717, 1.165) is 23.1 Å². The van der Waals surface area contributed by atoms with Crippen molar-refractivity contribution in [2.75, 3.05) is 47.9 Å². The maximum absolute atomic E-state index is 13.6. The number of hydrogen-bond acceptors (Lipinski definition) is 7. The van der Waals surface area contributed by atoms with Gasteiger partial charge >= 0.3 is 6.03 Å². The van der Waals surface area contributed by atoms with Crippen molar-refractivity contribution in [1.29, 1.82) is 0 Å². The number of anilines is 3. The summed E-state index contributed by atoms with van der Waals surface area (Å²) in [5.74, 6) is 1.12. The van der Waals surface area contributed by atoms with Crippen molar-refractivity contribution in [2.45, 2.75) is 12.7 Å². The quantitative estimate of drug-likeness (QED) is 0.601. The topological polar surface area (TPSA) is 98.9 Å². The highest BCUT2D eigenvalue weighted by atomic mass is 16.2. The van der Waals surface area contributed by atoms with E-state index in [-0.39, 0.29) is 6.03 Å². The minimum Gasteiger partial charge on any atom is -0.368 e. The Morgan fingerprint density at radius 3 is 2.44 bits per heavy atom. The number of fused-ring (bicyclic) bond motifs is 1. The maximum Gasteiger partial charge on any atom is 0.326 e. The summed E-state index contributed by atoms with van der Waals surface area (Å²) in [6.07, 6.45) is 1.64. The zero-order valence-electron chi connectivity index (χ0n) is 19.0. The number of nitrogens with two attached hydrogens (primary N) is 1. The van der Waals surface area contributed by atoms with Crippen molar-refractivity contribution in [1.82, 2.24) is 14.9 Å². The first-order chi connectivity index (χ1) is 16.6. The summed E-state index contributed by atoms with van der Waals surface area (Å²) in [6.45, 7) is 2.94. The first-order valence-electron chi connectivity index (χ1n) is 11.3. The summed E-state index contributed by atoms with van der Waals surface area (Å²) in [5, 5.41) is 0. The third-order valence-corrected chi connectivity index (χ3v) is 6.47. The molecule has 1 aromatic heterocycles. The predicted octanol–water partition coefficient (Wildman–Crippen LogP) is 2.33. The van der Waals surface area contributed by atoms with Crippen LogP contribution < -0.4 is 20.4 Å². The molecule has 1 atom stereocenters. The number of urea groups is 1. The van der Waals surface area contributed by atoms with Gasteiger partial charge in [-0.05, 0) is 11.6 Å². The number of nitrogens with zero attached hydrogens (tertiary/aromatic N) is 6. The number of para-hydroxylation sites is 1. The summed E-state index contributed by atoms with van der Waals surface area (Å²) in [4.78, 5) is 42.0. The van der Waals surface area contributed by atoms with Crippen molar-refractivity contribution in [3.05, 3.63) is 66.4 Å². The second kappa shape index (κ2) is 9.11. The van der Waals surface area contributed by atoms with Gasteiger partial charge in [-0.15, -0.1) is 0 Å². The molecule has 5 rings (SSSR count). The molecule has 2 aliphatic rings. The van der Waals surface area contributed by atoms with Gasteiger partial charge in [0.05, 0.1) is 6.20 Å². The van der Waals surface area contributed by atoms with Gasteiger partial charge in [0, 0.05) is 51.0 Å². The molecule has 2 aliphatic heterocycles. The number of hydrogen-bond donors (Lipinski definition) is 1. The van der Waals surface area contributed by atoms with Crippen LogP contribution in [0.2, 0.25) is 0 Å². The van der Waals surface area contributed by atoms with E-state index in [4.69, 9.17) is 5.73 Å². The summed E-state index contributed by atoms with van der Waals surface area (Å²) in [7, 11) is 1.77. The fourth-order valence-electron chi connectivity index (χ4n) is 4.61. The minimum atomic E-state index is -0.765. The van der Waals surface area contributed by atoms with E-state index < -0.39 is 6.17 Å². The van der Waals surface area contributed by atoms with Crippen molar-refractivity contribution in [3.8, 4) is 11.4 Å². The van der Waals surface area contributed by atoms with Crippen LogP contribution in [0.4, 0.5) is 22.0 Å². The molecule has 1 saturated heterocycles. The van der Waals surface area contributed by atoms with Crippen molar-refractivity contribution < 1.29 is 9.59 Å². The molecule has 2 N–H and O–H groups in total. The van der Waals surface area contributed by atoms with E-state index in [1.54, 1.807) is 23.0 Å². The van der Waals surface area contributed by atoms with Crippen LogP contribution in [-0.4, -0.2) is 66.6 Å². The molecule has 0 saturated carbocycles. The molecule has 0 spiro atoms. The van der Waals surface area contributed by atoms with Crippen LogP contribution in [0.5, 0.6) is 0 Å². The molecule has 0 radical (unpaired) electrons. The van der Waals surface area contributed by atoms with Crippen molar-refractivity contribution in [2.24, 2.45) is 5.73 Å². The monoisotopic (exact) mass is 457 g/mol. The molecule has 3 aromatic rings. The average Bonchev–Trinajstić information content (AvgIpc) is 3.19. The van der Waals surface area contributed by atoms with Gasteiger partial charge in [-0.25, -0.2) is 14.8 Å². The third kappa shape index (κ3) is 3.73. The zero-order valence-corrected chi connectivity index (χ0v) is 19.0. The Kier molecular flexibility index (Phi) is 5.85. The highest BCUT2D eigenvalue weighted by Crippen LogP contribution is 2.38. The lowest BCUT2D eigenvalue weighted by molar-refractivity contribution is -0.108. The average molecular weight is 458 g/mol. The second-order valence-corrected chi connectivity index (χ2v) is 8.39. The molecule has 2 amide bonds. The second-order valence-electron chi connectivity index (χ2n) is 8.39. The molecule has 174 valence electrons. The van der Waals surface area contributed by atoms with E-state index in [0.29, 0.717) is 50.1 Å². The number of rotatable bonds is 4. The van der Waals surface area contributed by atoms with Gasteiger partial charge in [0.2, 0.25) is 0 Å². The number of piperazine rings is 1. The molecule has 34 heavy (non-hydrogen) atoms. The fraction of sp³-hybridized carbons (Fsp3) is 0.280. The van der Waals surface area contributed by atoms with Crippen LogP contribution in [-0.2, 0) is 11.3 Å². The van der Waals surface area contributed by atoms with Crippen LogP contribution in [0.15, 0.2) is 60.8 Å². The van der Waals surface area contributed by atoms with Gasteiger partial charge in [-0.3, -0.25) is 9.69 Å². The largest absolute Gasteiger partial charge is 0.368 e. The molecule has 3 heterocycles. The van der Waals surface area contributed by atoms with Crippen LogP contribution >= 0.6 is 0 Å². The Balaban J connectivity index is 1.37. The SMILES string of the molecule is CN1c2nc(-c3ccccc3)ncc2N(C(=O)N2CCN(c3ccccc3CN)CC2)C1C=O. The lowest BCUT2D eigenvalue weighted by atomic mass is 10.1. The van der Waals surface area contributed by atoms with Gasteiger partial charge in [0.15, 0.2) is 24.1 Å². The fourth-order valence-corrected chi connectivity index (χ4v) is 4.61. The van der Waals surface area contributed by atoms with Gasteiger partial charge in [0.25, 0.3) is 0 Å². The normalized spacial score (nSPS) is 17.6. The Morgan fingerprint density at radius 1 is 1.03 bits per heavy atom. The lowest BCUT2D eigenvalue weighted by Crippen LogP contribution is -2.56. The lowest BCUT2D eigenvalue weighted by Gasteiger charge is -2.39. The van der Waals surface area contributed by atoms with E-state index in [2.05, 4.69) is 20.9 Å². The number of benzene rings is 2. The maximum atomic E-state index is 13.6. The number of carbonyl (C=O) groups is 2. The molecular weight excluding hydrogens is 430 g/mol. The Morgan fingerprint density at radius 2 is 1.74 bits per heavy atom. The Bertz CT molecular complexity index is 1190. The first-order valence-corrected chi connectivity index (χ1v) is 11.3. The number of likely N-dealkylation sites (N-methyl/N-ethyl adjacent to an activating group) is 1. The predicted molar refractivity (Wildman–Crippen MR) is 132 cm³/mol. The van der Waals surface area contributed by atoms with Crippen molar-refractivity contribution >= 4 is 29.5 Å². The van der Waals surface area contributed by atoms with E-state index >= 15 is 0 Å². The van der Waals surface area contributed by atoms with Gasteiger partial charge in [-0.2, -0.15) is 0 Å². The molecule has 1 fully saturated rings. The zero-order chi connectivity index (χ0) is 23.7. The summed E-state index contributed by atoms with van der Waals surface area (Å²) in [6, 6.07) is 17.5. The number of carbonyl (C=O) groups excluding carboxylic acids is 2. The summed E-state index contributed by atoms with van der Waals surface area (Å²) in [5.41, 5.74) is 9.52. The van der Waals surface area contributed by atoms with Crippen molar-refractivity contribution in [3.63, 3.8) is 0 Å². The number of aldehydes is 1. The van der Waals surface area contributed by atoms with Crippen LogP contribution in [0.1, 0.15) is 5.56 Å². The van der Waals surface area contributed by atoms with Gasteiger partial charge in [0.1, 0.15) is 5.69 Å². The van der Waals surface area contributed by atoms with Crippen LogP contribution in [0, 0.1) is 0 Å². The van der Waals surface area contributed by atoms with Gasteiger partial charge < -0.3 is 20.4 Å². The number of aromatic nitrogens is 2. The third-order valence-electron chi connectivity index (χ3n) is 6.47. The van der Waals surface area contributed by atoms with E-state index in [1.807, 2.05) is 48.5 Å². The van der Waals surface area contributed by atoms with E-state index in [9.17, 15) is 9.59 Å². The highest BCUT2D eigenvalue weighted by Gasteiger charge is 2.41. The minimum absolute atomic E-state index is 0.217. The summed E-state index contributed by atoms with van der Waals surface area (Å²) >= 11 is 0. The highest BCUT2D eigenvalue weighted by molar-refractivity contribution is 6.03. The molecule has 9 heteroatoms. The smallest absolute Gasteiger partial charge is 0.326 e. The molecule has 0 bridgehead atoms. The molecule has 9 nitrogen and oxygen atoms in total. The summed E-state index contributed by atoms with van der Waals surface area (Å²) < 4.78 is 0. The Hall–Kier alpha value is -3.98. The molecular formula is C25H27N7O2. The standard InChI is InChI=1S/C25H27N7O2/c1-29-22(17-33)32(21-16-27-23(28-24(21)29)18-7-3-2-4-8-18)25(34)31-13-11-30(12-14-31)20-10-6-5-9-19(20)15-26/h2-10,16-17,22H,11-15,26H2,1H3. The van der Waals surface area contributed by atoms with Gasteiger partial charge in [-0.1, -0.05) is 48.5 Å². The molecule has 1 unspecified atom stereocenters. The number of amides is 2. The van der Waals surface area contributed by atoms with Crippen LogP contribution in [0.3, 0.4) is 0 Å². The van der Waals surface area contributed by atoms with Crippen LogP contribution in [0.25, 0.3) is 11.4 Å². The molecule has 2 aromatic carbocycles. The molecule has 0 aliphatic carbocycles.